The lowest BCUT2D eigenvalue weighted by atomic mass is 9.48. The van der Waals surface area contributed by atoms with Gasteiger partial charge in [-0.2, -0.15) is 0 Å². The quantitative estimate of drug-likeness (QED) is 0.692. The lowest BCUT2D eigenvalue weighted by molar-refractivity contribution is -0.144. The number of esters is 1. The Morgan fingerprint density at radius 2 is 1.29 bits per heavy atom. The van der Waals surface area contributed by atoms with Gasteiger partial charge >= 0.3 is 5.97 Å². The predicted molar refractivity (Wildman–Crippen MR) is 109 cm³/mol. The Morgan fingerprint density at radius 3 is 1.89 bits per heavy atom. The molecule has 142 valence electrons. The topological polar surface area (TPSA) is 38.7 Å². The summed E-state index contributed by atoms with van der Waals surface area (Å²) in [7, 11) is 0. The number of carbonyl (C=O) groups is 1. The fourth-order valence-corrected chi connectivity index (χ4v) is 6.82. The molecule has 0 saturated heterocycles. The molecule has 1 unspecified atom stereocenters. The molecule has 4 saturated carbocycles. The molecule has 0 amide bonds. The minimum atomic E-state index is -0.287. The fraction of sp³-hybridized carbons (Fsp3) is 0.440. The van der Waals surface area contributed by atoms with Crippen molar-refractivity contribution in [2.24, 2.45) is 28.2 Å². The number of ether oxygens (including phenoxy) is 1. The summed E-state index contributed by atoms with van der Waals surface area (Å²) in [5.74, 6) is 2.82. The highest BCUT2D eigenvalue weighted by Gasteiger charge is 2.58. The first kappa shape index (κ1) is 16.5. The van der Waals surface area contributed by atoms with Crippen molar-refractivity contribution in [1.82, 2.24) is 0 Å². The average molecular weight is 371 g/mol. The van der Waals surface area contributed by atoms with E-state index in [-0.39, 0.29) is 17.4 Å². The molecule has 3 nitrogen and oxygen atoms in total. The van der Waals surface area contributed by atoms with Crippen LogP contribution in [0.25, 0.3) is 11.1 Å². The number of aliphatic imine (C=N–C) groups is 1. The van der Waals surface area contributed by atoms with E-state index in [2.05, 4.69) is 24.3 Å². The Kier molecular flexibility index (Phi) is 3.56. The molecule has 7 rings (SSSR count). The van der Waals surface area contributed by atoms with Gasteiger partial charge in [0.2, 0.25) is 5.90 Å². The number of carbonyl (C=O) groups excluding carboxylic acids is 1. The molecule has 2 aromatic rings. The van der Waals surface area contributed by atoms with Gasteiger partial charge in [0.25, 0.3) is 0 Å². The maximum absolute atomic E-state index is 12.8. The summed E-state index contributed by atoms with van der Waals surface area (Å²) in [4.78, 5) is 17.7. The second kappa shape index (κ2) is 6.04. The fourth-order valence-electron chi connectivity index (χ4n) is 6.82. The second-order valence-corrected chi connectivity index (χ2v) is 9.48. The van der Waals surface area contributed by atoms with Gasteiger partial charge in [-0.1, -0.05) is 42.5 Å². The lowest BCUT2D eigenvalue weighted by Crippen LogP contribution is -2.52. The molecule has 4 bridgehead atoms. The van der Waals surface area contributed by atoms with Crippen LogP contribution < -0.4 is 0 Å². The van der Waals surface area contributed by atoms with E-state index in [1.54, 1.807) is 0 Å². The number of cyclic esters (lactones) is 1. The van der Waals surface area contributed by atoms with Crippen LogP contribution in [0.5, 0.6) is 0 Å². The largest absolute Gasteiger partial charge is 0.406 e. The number of benzene rings is 2. The third-order valence-electron chi connectivity index (χ3n) is 7.57. The molecule has 0 radical (unpaired) electrons. The normalized spacial score (nSPS) is 35.7. The van der Waals surface area contributed by atoms with Gasteiger partial charge in [-0.15, -0.1) is 0 Å². The van der Waals surface area contributed by atoms with Gasteiger partial charge < -0.3 is 4.74 Å². The van der Waals surface area contributed by atoms with Crippen molar-refractivity contribution in [1.29, 1.82) is 0 Å². The molecule has 3 heteroatoms. The highest BCUT2D eigenvalue weighted by Crippen LogP contribution is 2.62. The summed E-state index contributed by atoms with van der Waals surface area (Å²) in [5.41, 5.74) is 3.32. The maximum atomic E-state index is 12.8. The molecule has 28 heavy (non-hydrogen) atoms. The van der Waals surface area contributed by atoms with Gasteiger partial charge in [-0.3, -0.25) is 0 Å². The van der Waals surface area contributed by atoms with Crippen LogP contribution in [0.1, 0.15) is 44.1 Å². The first-order valence-electron chi connectivity index (χ1n) is 10.6. The monoisotopic (exact) mass is 371 g/mol. The number of hydrogen-bond donors (Lipinski definition) is 0. The van der Waals surface area contributed by atoms with Crippen LogP contribution in [0.4, 0.5) is 0 Å². The smallest absolute Gasteiger partial charge is 0.338 e. The highest BCUT2D eigenvalue weighted by molar-refractivity contribution is 6.06. The van der Waals surface area contributed by atoms with Gasteiger partial charge in [0, 0.05) is 11.0 Å². The van der Waals surface area contributed by atoms with E-state index in [9.17, 15) is 4.79 Å². The van der Waals surface area contributed by atoms with Crippen LogP contribution >= 0.6 is 0 Å². The molecule has 0 spiro atoms. The molecule has 1 atom stereocenters. The van der Waals surface area contributed by atoms with Gasteiger partial charge in [-0.25, -0.2) is 9.79 Å². The van der Waals surface area contributed by atoms with E-state index in [1.165, 1.54) is 44.1 Å². The third kappa shape index (κ3) is 2.56. The van der Waals surface area contributed by atoms with Crippen LogP contribution in [0.2, 0.25) is 0 Å². The van der Waals surface area contributed by atoms with Gasteiger partial charge in [0.05, 0.1) is 0 Å². The zero-order chi connectivity index (χ0) is 18.7. The van der Waals surface area contributed by atoms with Crippen LogP contribution in [0, 0.1) is 23.2 Å². The Balaban J connectivity index is 1.29. The first-order valence-corrected chi connectivity index (χ1v) is 10.6. The Morgan fingerprint density at radius 1 is 0.750 bits per heavy atom. The third-order valence-corrected chi connectivity index (χ3v) is 7.57. The molecule has 5 aliphatic rings. The highest BCUT2D eigenvalue weighted by atomic mass is 16.6. The van der Waals surface area contributed by atoms with E-state index < -0.39 is 0 Å². The molecule has 1 heterocycles. The van der Waals surface area contributed by atoms with Crippen molar-refractivity contribution in [3.05, 3.63) is 60.2 Å². The summed E-state index contributed by atoms with van der Waals surface area (Å²) in [6.07, 6.45) is 7.63. The van der Waals surface area contributed by atoms with Crippen LogP contribution in [-0.2, 0) is 9.53 Å². The standard InChI is InChI=1S/C25H25NO2/c27-24-22(25-13-16-10-17(14-25)12-18(11-16)15-25)26-23(28-24)21-8-6-20(7-9-21)19-4-2-1-3-5-19/h1-9,16-18,22H,10-15H2. The SMILES string of the molecule is O=C1OC(c2ccc(-c3ccccc3)cc2)=NC1C12CC3CC(CC(C3)C1)C2. The molecular formula is C25H25NO2. The lowest BCUT2D eigenvalue weighted by Gasteiger charge is -2.57. The zero-order valence-corrected chi connectivity index (χ0v) is 16.0. The van der Waals surface area contributed by atoms with Crippen molar-refractivity contribution in [2.75, 3.05) is 0 Å². The molecule has 4 aliphatic carbocycles. The van der Waals surface area contributed by atoms with Gasteiger partial charge in [0.15, 0.2) is 6.04 Å². The van der Waals surface area contributed by atoms with E-state index in [1.807, 2.05) is 30.3 Å². The first-order chi connectivity index (χ1) is 13.7. The van der Waals surface area contributed by atoms with Crippen LogP contribution in [-0.4, -0.2) is 17.9 Å². The van der Waals surface area contributed by atoms with Crippen molar-refractivity contribution < 1.29 is 9.53 Å². The molecule has 4 fully saturated rings. The summed E-state index contributed by atoms with van der Waals surface area (Å²) < 4.78 is 5.71. The maximum Gasteiger partial charge on any atom is 0.338 e. The predicted octanol–water partition coefficient (Wildman–Crippen LogP) is 5.24. The van der Waals surface area contributed by atoms with E-state index >= 15 is 0 Å². The minimum absolute atomic E-state index is 0.0670. The average Bonchev–Trinajstić information content (AvgIpc) is 3.10. The molecule has 0 N–H and O–H groups in total. The Labute approximate surface area is 165 Å². The van der Waals surface area contributed by atoms with Crippen molar-refractivity contribution >= 4 is 11.9 Å². The molecule has 2 aromatic carbocycles. The molecular weight excluding hydrogens is 346 g/mol. The number of rotatable bonds is 3. The summed E-state index contributed by atoms with van der Waals surface area (Å²) in [6.45, 7) is 0. The summed E-state index contributed by atoms with van der Waals surface area (Å²) in [5, 5.41) is 0. The van der Waals surface area contributed by atoms with E-state index in [0.717, 1.165) is 28.9 Å². The van der Waals surface area contributed by atoms with Crippen LogP contribution in [0.15, 0.2) is 59.6 Å². The van der Waals surface area contributed by atoms with Gasteiger partial charge in [-0.05, 0) is 79.5 Å². The number of nitrogens with zero attached hydrogens (tertiary/aromatic N) is 1. The zero-order valence-electron chi connectivity index (χ0n) is 16.0. The van der Waals surface area contributed by atoms with Crippen LogP contribution in [0.3, 0.4) is 0 Å². The number of hydrogen-bond acceptors (Lipinski definition) is 3. The van der Waals surface area contributed by atoms with Crippen molar-refractivity contribution in [3.8, 4) is 11.1 Å². The Hall–Kier alpha value is -2.42. The van der Waals surface area contributed by atoms with Crippen molar-refractivity contribution in [2.45, 2.75) is 44.6 Å². The second-order valence-electron chi connectivity index (χ2n) is 9.48. The minimum Gasteiger partial charge on any atom is -0.406 e. The van der Waals surface area contributed by atoms with Gasteiger partial charge in [0.1, 0.15) is 0 Å². The molecule has 1 aliphatic heterocycles. The summed E-state index contributed by atoms with van der Waals surface area (Å²) >= 11 is 0. The van der Waals surface area contributed by atoms with E-state index in [4.69, 9.17) is 9.73 Å². The molecule has 0 aromatic heterocycles. The van der Waals surface area contributed by atoms with E-state index in [0.29, 0.717) is 5.90 Å². The summed E-state index contributed by atoms with van der Waals surface area (Å²) in [6, 6.07) is 18.2. The Bertz CT molecular complexity index is 909. The van der Waals surface area contributed by atoms with Crippen molar-refractivity contribution in [3.63, 3.8) is 0 Å².